The number of alkyl carbamates (subject to hydrolysis) is 1. The lowest BCUT2D eigenvalue weighted by Gasteiger charge is -2.34. The lowest BCUT2D eigenvalue weighted by Crippen LogP contribution is -2.52. The number of carbonyl (C=O) groups is 3. The van der Waals surface area contributed by atoms with Gasteiger partial charge in [-0.3, -0.25) is 15.5 Å². The fourth-order valence-electron chi connectivity index (χ4n) is 3.87. The number of amides is 1. The van der Waals surface area contributed by atoms with Crippen molar-refractivity contribution in [3.8, 4) is 0 Å². The third-order valence-corrected chi connectivity index (χ3v) is 5.59. The van der Waals surface area contributed by atoms with Crippen molar-refractivity contribution in [2.24, 2.45) is 5.92 Å². The van der Waals surface area contributed by atoms with Crippen LogP contribution in [0.15, 0.2) is 30.3 Å². The molecule has 0 spiro atoms. The highest BCUT2D eigenvalue weighted by Crippen LogP contribution is 2.28. The van der Waals surface area contributed by atoms with E-state index < -0.39 is 18.1 Å². The summed E-state index contributed by atoms with van der Waals surface area (Å²) in [6.07, 6.45) is 5.00. The number of ether oxygens (including phenoxy) is 2. The van der Waals surface area contributed by atoms with E-state index in [1.54, 1.807) is 0 Å². The quantitative estimate of drug-likeness (QED) is 0.217. The largest absolute Gasteiger partial charge is 0.480 e. The van der Waals surface area contributed by atoms with Gasteiger partial charge in [0.05, 0.1) is 13.2 Å². The molecule has 0 aliphatic heterocycles. The normalized spacial score (nSPS) is 14.8. The minimum absolute atomic E-state index is 0.0137. The summed E-state index contributed by atoms with van der Waals surface area (Å²) in [4.78, 5) is 36.7. The SMILES string of the molecule is CN(C(=N)NC(=O)OCCCOC(=O)CCc1ccccc1)C(C(=O)O)C1CCCCC1. The molecule has 0 radical (unpaired) electrons. The Labute approximate surface area is 188 Å². The number of carboxylic acid groups (broad SMARTS) is 1. The summed E-state index contributed by atoms with van der Waals surface area (Å²) < 4.78 is 10.1. The first kappa shape index (κ1) is 25.2. The molecule has 3 N–H and O–H groups in total. The van der Waals surface area contributed by atoms with Gasteiger partial charge in [-0.25, -0.2) is 9.59 Å². The van der Waals surface area contributed by atoms with E-state index in [1.165, 1.54) is 11.9 Å². The van der Waals surface area contributed by atoms with Gasteiger partial charge in [-0.2, -0.15) is 0 Å². The number of hydrogen-bond acceptors (Lipinski definition) is 6. The molecular formula is C23H33N3O6. The Balaban J connectivity index is 1.62. The van der Waals surface area contributed by atoms with E-state index in [-0.39, 0.29) is 37.5 Å². The number of hydrogen-bond donors (Lipinski definition) is 3. The van der Waals surface area contributed by atoms with Crippen LogP contribution in [0.2, 0.25) is 0 Å². The number of nitrogens with one attached hydrogen (secondary N) is 2. The number of nitrogens with zero attached hydrogens (tertiary/aromatic N) is 1. The maximum atomic E-state index is 11.9. The molecule has 1 saturated carbocycles. The molecule has 1 fully saturated rings. The van der Waals surface area contributed by atoms with Crippen LogP contribution in [-0.4, -0.2) is 60.3 Å². The molecule has 0 heterocycles. The van der Waals surface area contributed by atoms with Crippen molar-refractivity contribution in [3.05, 3.63) is 35.9 Å². The van der Waals surface area contributed by atoms with E-state index in [2.05, 4.69) is 5.32 Å². The van der Waals surface area contributed by atoms with Crippen molar-refractivity contribution in [1.82, 2.24) is 10.2 Å². The number of rotatable bonds is 10. The van der Waals surface area contributed by atoms with Crippen LogP contribution in [0.4, 0.5) is 4.79 Å². The van der Waals surface area contributed by atoms with E-state index in [0.717, 1.165) is 37.7 Å². The summed E-state index contributed by atoms with van der Waals surface area (Å²) in [6.45, 7) is 0.140. The zero-order chi connectivity index (χ0) is 23.3. The van der Waals surface area contributed by atoms with Gasteiger partial charge in [-0.05, 0) is 30.7 Å². The summed E-state index contributed by atoms with van der Waals surface area (Å²) in [5.41, 5.74) is 1.06. The second-order valence-electron chi connectivity index (χ2n) is 7.96. The number of benzene rings is 1. The van der Waals surface area contributed by atoms with Gasteiger partial charge in [-0.15, -0.1) is 0 Å². The molecule has 1 aromatic rings. The van der Waals surface area contributed by atoms with E-state index in [0.29, 0.717) is 12.8 Å². The number of carboxylic acids is 1. The van der Waals surface area contributed by atoms with E-state index in [9.17, 15) is 19.5 Å². The second-order valence-corrected chi connectivity index (χ2v) is 7.96. The van der Waals surface area contributed by atoms with Crippen LogP contribution in [0, 0.1) is 11.3 Å². The molecule has 1 unspecified atom stereocenters. The maximum absolute atomic E-state index is 11.9. The molecule has 9 nitrogen and oxygen atoms in total. The highest BCUT2D eigenvalue weighted by molar-refractivity contribution is 5.94. The van der Waals surface area contributed by atoms with Crippen LogP contribution >= 0.6 is 0 Å². The number of guanidine groups is 1. The Morgan fingerprint density at radius 1 is 1.12 bits per heavy atom. The van der Waals surface area contributed by atoms with Gasteiger partial charge in [0.25, 0.3) is 0 Å². The molecule has 1 atom stereocenters. The summed E-state index contributed by atoms with van der Waals surface area (Å²) in [5.74, 6) is -1.70. The van der Waals surface area contributed by atoms with Gasteiger partial charge >= 0.3 is 18.0 Å². The predicted octanol–water partition coefficient (Wildman–Crippen LogP) is 3.18. The van der Waals surface area contributed by atoms with Gasteiger partial charge in [0.2, 0.25) is 5.96 Å². The third-order valence-electron chi connectivity index (χ3n) is 5.59. The maximum Gasteiger partial charge on any atom is 0.413 e. The van der Waals surface area contributed by atoms with E-state index in [1.807, 2.05) is 30.3 Å². The third kappa shape index (κ3) is 8.56. The fraction of sp³-hybridized carbons (Fsp3) is 0.565. The summed E-state index contributed by atoms with van der Waals surface area (Å²) in [7, 11) is 1.49. The first-order chi connectivity index (χ1) is 15.4. The summed E-state index contributed by atoms with van der Waals surface area (Å²) in [6, 6.07) is 8.78. The smallest absolute Gasteiger partial charge is 0.413 e. The van der Waals surface area contributed by atoms with Gasteiger partial charge in [0.15, 0.2) is 0 Å². The minimum atomic E-state index is -1.01. The van der Waals surface area contributed by atoms with Gasteiger partial charge in [-0.1, -0.05) is 49.6 Å². The molecule has 1 amide bonds. The van der Waals surface area contributed by atoms with Crippen molar-refractivity contribution in [2.75, 3.05) is 20.3 Å². The van der Waals surface area contributed by atoms with Gasteiger partial charge in [0.1, 0.15) is 6.04 Å². The Kier molecular flexibility index (Phi) is 10.5. The molecule has 9 heteroatoms. The average Bonchev–Trinajstić information content (AvgIpc) is 2.78. The Bertz CT molecular complexity index is 764. The molecule has 1 aliphatic carbocycles. The Morgan fingerprint density at radius 3 is 2.44 bits per heavy atom. The molecule has 176 valence electrons. The van der Waals surface area contributed by atoms with Crippen molar-refractivity contribution in [1.29, 1.82) is 5.41 Å². The van der Waals surface area contributed by atoms with Crippen LogP contribution in [0.1, 0.15) is 50.5 Å². The number of aryl methyl sites for hydroxylation is 1. The number of likely N-dealkylation sites (N-methyl/N-ethyl adjacent to an activating group) is 1. The molecule has 0 aromatic heterocycles. The number of carbonyl (C=O) groups excluding carboxylic acids is 2. The average molecular weight is 448 g/mol. The lowest BCUT2D eigenvalue weighted by molar-refractivity contribution is -0.144. The van der Waals surface area contributed by atoms with E-state index in [4.69, 9.17) is 14.9 Å². The first-order valence-corrected chi connectivity index (χ1v) is 11.1. The van der Waals surface area contributed by atoms with Crippen molar-refractivity contribution < 1.29 is 29.0 Å². The molecule has 2 rings (SSSR count). The van der Waals surface area contributed by atoms with Gasteiger partial charge in [0, 0.05) is 19.9 Å². The monoisotopic (exact) mass is 447 g/mol. The van der Waals surface area contributed by atoms with Crippen molar-refractivity contribution >= 4 is 24.0 Å². The van der Waals surface area contributed by atoms with Crippen LogP contribution in [-0.2, 0) is 25.5 Å². The molecule has 1 aromatic carbocycles. The standard InChI is InChI=1S/C23H33N3O6/c1-26(20(21(28)29)18-11-6-3-7-12-18)22(24)25-23(30)32-16-8-15-31-19(27)14-13-17-9-4-2-5-10-17/h2,4-5,9-10,18,20H,3,6-8,11-16H2,1H3,(H,28,29)(H2,24,25,30). The first-order valence-electron chi connectivity index (χ1n) is 11.1. The van der Waals surface area contributed by atoms with Crippen molar-refractivity contribution in [2.45, 2.75) is 57.4 Å². The van der Waals surface area contributed by atoms with Crippen LogP contribution in [0.25, 0.3) is 0 Å². The molecule has 1 aliphatic rings. The highest BCUT2D eigenvalue weighted by atomic mass is 16.6. The van der Waals surface area contributed by atoms with Crippen LogP contribution < -0.4 is 5.32 Å². The fourth-order valence-corrected chi connectivity index (χ4v) is 3.87. The van der Waals surface area contributed by atoms with Crippen molar-refractivity contribution in [3.63, 3.8) is 0 Å². The topological polar surface area (TPSA) is 129 Å². The van der Waals surface area contributed by atoms with E-state index >= 15 is 0 Å². The molecule has 0 bridgehead atoms. The van der Waals surface area contributed by atoms with Crippen LogP contribution in [0.3, 0.4) is 0 Å². The molecular weight excluding hydrogens is 414 g/mol. The highest BCUT2D eigenvalue weighted by Gasteiger charge is 2.34. The lowest BCUT2D eigenvalue weighted by atomic mass is 9.83. The number of aliphatic carboxylic acids is 1. The summed E-state index contributed by atoms with van der Waals surface area (Å²) >= 11 is 0. The predicted molar refractivity (Wildman–Crippen MR) is 118 cm³/mol. The Morgan fingerprint density at radius 2 is 1.78 bits per heavy atom. The zero-order valence-electron chi connectivity index (χ0n) is 18.5. The number of esters is 1. The summed E-state index contributed by atoms with van der Waals surface area (Å²) in [5, 5.41) is 19.9. The Hall–Kier alpha value is -3.10. The molecule has 32 heavy (non-hydrogen) atoms. The minimum Gasteiger partial charge on any atom is -0.480 e. The zero-order valence-corrected chi connectivity index (χ0v) is 18.5. The second kappa shape index (κ2) is 13.3. The van der Waals surface area contributed by atoms with Gasteiger partial charge < -0.3 is 19.5 Å². The molecule has 0 saturated heterocycles. The van der Waals surface area contributed by atoms with Crippen LogP contribution in [0.5, 0.6) is 0 Å².